The van der Waals surface area contributed by atoms with Crippen molar-refractivity contribution in [3.63, 3.8) is 0 Å². The molecule has 1 aromatic heterocycles. The summed E-state index contributed by atoms with van der Waals surface area (Å²) in [5.74, 6) is 0. The molecule has 1 rings (SSSR count). The van der Waals surface area contributed by atoms with Gasteiger partial charge in [-0.3, -0.25) is 4.98 Å². The summed E-state index contributed by atoms with van der Waals surface area (Å²) < 4.78 is 35.6. The van der Waals surface area contributed by atoms with Gasteiger partial charge in [-0.25, -0.2) is 0 Å². The molecule has 0 spiro atoms. The molecule has 0 aliphatic heterocycles. The molecule has 0 saturated heterocycles. The van der Waals surface area contributed by atoms with Gasteiger partial charge in [-0.1, -0.05) is 0 Å². The predicted octanol–water partition coefficient (Wildman–Crippen LogP) is 3.11. The number of aliphatic hydroxyl groups excluding tert-OH is 1. The quantitative estimate of drug-likeness (QED) is 0.837. The average molecular weight is 247 g/mol. The molecular formula is C12H16F3NO. The van der Waals surface area contributed by atoms with Crippen LogP contribution >= 0.6 is 0 Å². The van der Waals surface area contributed by atoms with Gasteiger partial charge in [-0.15, -0.1) is 0 Å². The van der Waals surface area contributed by atoms with E-state index >= 15 is 0 Å². The van der Waals surface area contributed by atoms with E-state index in [1.54, 1.807) is 12.4 Å². The molecule has 0 aliphatic rings. The lowest BCUT2D eigenvalue weighted by Crippen LogP contribution is -2.12. The molecule has 0 bridgehead atoms. The molecule has 5 heteroatoms. The Bertz CT molecular complexity index is 313. The first-order valence-electron chi connectivity index (χ1n) is 5.61. The number of halogens is 3. The number of nitrogens with zero attached hydrogens (tertiary/aromatic N) is 1. The Labute approximate surface area is 98.5 Å². The molecular weight excluding hydrogens is 231 g/mol. The molecule has 1 atom stereocenters. The number of aromatic nitrogens is 1. The summed E-state index contributed by atoms with van der Waals surface area (Å²) in [7, 11) is 0. The molecule has 0 aromatic carbocycles. The number of rotatable bonds is 6. The molecule has 1 aromatic rings. The first-order valence-corrected chi connectivity index (χ1v) is 5.61. The zero-order valence-electron chi connectivity index (χ0n) is 9.45. The minimum absolute atomic E-state index is 0.0129. The maximum Gasteiger partial charge on any atom is 0.389 e. The molecule has 0 radical (unpaired) electrons. The molecule has 96 valence electrons. The minimum Gasteiger partial charge on any atom is -0.393 e. The largest absolute Gasteiger partial charge is 0.393 e. The van der Waals surface area contributed by atoms with Crippen LogP contribution in [0.2, 0.25) is 0 Å². The average Bonchev–Trinajstić information content (AvgIpc) is 2.26. The number of aryl methyl sites for hydroxylation is 1. The van der Waals surface area contributed by atoms with Gasteiger partial charge in [0.2, 0.25) is 0 Å². The normalized spacial score (nSPS) is 13.6. The molecule has 0 amide bonds. The Hall–Kier alpha value is -1.10. The van der Waals surface area contributed by atoms with Gasteiger partial charge in [-0.2, -0.15) is 13.2 Å². The third-order valence-electron chi connectivity index (χ3n) is 2.51. The van der Waals surface area contributed by atoms with E-state index in [-0.39, 0.29) is 12.8 Å². The van der Waals surface area contributed by atoms with E-state index in [2.05, 4.69) is 4.98 Å². The smallest absolute Gasteiger partial charge is 0.389 e. The van der Waals surface area contributed by atoms with Gasteiger partial charge in [-0.05, 0) is 43.4 Å². The zero-order valence-corrected chi connectivity index (χ0v) is 9.45. The van der Waals surface area contributed by atoms with E-state index in [1.165, 1.54) is 0 Å². The Morgan fingerprint density at radius 2 is 1.82 bits per heavy atom. The summed E-state index contributed by atoms with van der Waals surface area (Å²) in [5, 5.41) is 9.52. The van der Waals surface area contributed by atoms with Crippen molar-refractivity contribution in [1.29, 1.82) is 0 Å². The van der Waals surface area contributed by atoms with E-state index in [4.69, 9.17) is 0 Å². The van der Waals surface area contributed by atoms with E-state index in [9.17, 15) is 18.3 Å². The lowest BCUT2D eigenvalue weighted by molar-refractivity contribution is -0.136. The predicted molar refractivity (Wildman–Crippen MR) is 58.5 cm³/mol. The van der Waals surface area contributed by atoms with Crippen molar-refractivity contribution in [3.05, 3.63) is 30.1 Å². The molecule has 2 nitrogen and oxygen atoms in total. The van der Waals surface area contributed by atoms with Crippen molar-refractivity contribution >= 4 is 0 Å². The van der Waals surface area contributed by atoms with Crippen molar-refractivity contribution in [2.24, 2.45) is 0 Å². The summed E-state index contributed by atoms with van der Waals surface area (Å²) in [6, 6.07) is 3.67. The molecule has 0 aliphatic carbocycles. The maximum absolute atomic E-state index is 11.9. The monoisotopic (exact) mass is 247 g/mol. The fourth-order valence-electron chi connectivity index (χ4n) is 1.57. The standard InChI is InChI=1S/C12H16F3NO/c13-12(14,15)7-1-2-11(17)4-3-10-5-8-16-9-6-10/h5-6,8-9,11,17H,1-4,7H2. The lowest BCUT2D eigenvalue weighted by atomic mass is 10.0. The Balaban J connectivity index is 2.15. The van der Waals surface area contributed by atoms with Crippen molar-refractivity contribution in [3.8, 4) is 0 Å². The molecule has 17 heavy (non-hydrogen) atoms. The Morgan fingerprint density at radius 1 is 1.18 bits per heavy atom. The van der Waals surface area contributed by atoms with E-state index < -0.39 is 18.7 Å². The second kappa shape index (κ2) is 6.59. The van der Waals surface area contributed by atoms with Crippen molar-refractivity contribution in [1.82, 2.24) is 4.98 Å². The minimum atomic E-state index is -4.12. The fourth-order valence-corrected chi connectivity index (χ4v) is 1.57. The molecule has 1 heterocycles. The number of alkyl halides is 3. The van der Waals surface area contributed by atoms with Crippen LogP contribution in [0.1, 0.15) is 31.2 Å². The summed E-state index contributed by atoms with van der Waals surface area (Å²) in [6.45, 7) is 0. The van der Waals surface area contributed by atoms with Crippen LogP contribution in [0, 0.1) is 0 Å². The Morgan fingerprint density at radius 3 is 2.41 bits per heavy atom. The second-order valence-corrected chi connectivity index (χ2v) is 4.06. The zero-order chi connectivity index (χ0) is 12.7. The summed E-state index contributed by atoms with van der Waals surface area (Å²) in [5.41, 5.74) is 1.04. The van der Waals surface area contributed by atoms with Gasteiger partial charge < -0.3 is 5.11 Å². The van der Waals surface area contributed by atoms with Crippen molar-refractivity contribution in [2.75, 3.05) is 0 Å². The SMILES string of the molecule is OC(CCCC(F)(F)F)CCc1ccncc1. The van der Waals surface area contributed by atoms with Crippen LogP contribution in [0.15, 0.2) is 24.5 Å². The third kappa shape index (κ3) is 6.94. The highest BCUT2D eigenvalue weighted by atomic mass is 19.4. The van der Waals surface area contributed by atoms with Gasteiger partial charge in [0.05, 0.1) is 6.10 Å². The highest BCUT2D eigenvalue weighted by Gasteiger charge is 2.26. The van der Waals surface area contributed by atoms with E-state index in [0.29, 0.717) is 12.8 Å². The van der Waals surface area contributed by atoms with Gasteiger partial charge in [0, 0.05) is 18.8 Å². The first-order chi connectivity index (χ1) is 7.97. The van der Waals surface area contributed by atoms with Gasteiger partial charge >= 0.3 is 6.18 Å². The van der Waals surface area contributed by atoms with Crippen molar-refractivity contribution in [2.45, 2.75) is 44.4 Å². The van der Waals surface area contributed by atoms with E-state index in [0.717, 1.165) is 5.56 Å². The molecule has 0 saturated carbocycles. The number of pyridine rings is 1. The molecule has 0 fully saturated rings. The van der Waals surface area contributed by atoms with E-state index in [1.807, 2.05) is 12.1 Å². The fraction of sp³-hybridized carbons (Fsp3) is 0.583. The number of hydrogen-bond acceptors (Lipinski definition) is 2. The maximum atomic E-state index is 11.9. The highest BCUT2D eigenvalue weighted by molar-refractivity contribution is 5.09. The lowest BCUT2D eigenvalue weighted by Gasteiger charge is -2.11. The van der Waals surface area contributed by atoms with Crippen LogP contribution < -0.4 is 0 Å². The first kappa shape index (κ1) is 14.0. The molecule has 1 N–H and O–H groups in total. The van der Waals surface area contributed by atoms with Crippen molar-refractivity contribution < 1.29 is 18.3 Å². The number of hydrogen-bond donors (Lipinski definition) is 1. The number of aliphatic hydroxyl groups is 1. The van der Waals surface area contributed by atoms with Crippen LogP contribution in [0.4, 0.5) is 13.2 Å². The highest BCUT2D eigenvalue weighted by Crippen LogP contribution is 2.23. The van der Waals surface area contributed by atoms with Crippen LogP contribution in [0.3, 0.4) is 0 Å². The van der Waals surface area contributed by atoms with Crippen LogP contribution in [0.25, 0.3) is 0 Å². The van der Waals surface area contributed by atoms with Gasteiger partial charge in [0.25, 0.3) is 0 Å². The van der Waals surface area contributed by atoms with Gasteiger partial charge in [0.1, 0.15) is 0 Å². The summed E-state index contributed by atoms with van der Waals surface area (Å²) in [6.07, 6.45) is -0.949. The second-order valence-electron chi connectivity index (χ2n) is 4.06. The molecule has 1 unspecified atom stereocenters. The summed E-state index contributed by atoms with van der Waals surface area (Å²) in [4.78, 5) is 3.86. The van der Waals surface area contributed by atoms with Crippen LogP contribution in [0.5, 0.6) is 0 Å². The topological polar surface area (TPSA) is 33.1 Å². The third-order valence-corrected chi connectivity index (χ3v) is 2.51. The summed E-state index contributed by atoms with van der Waals surface area (Å²) >= 11 is 0. The van der Waals surface area contributed by atoms with Crippen LogP contribution in [-0.2, 0) is 6.42 Å². The van der Waals surface area contributed by atoms with Gasteiger partial charge in [0.15, 0.2) is 0 Å². The Kier molecular flexibility index (Phi) is 5.41. The van der Waals surface area contributed by atoms with Crippen LogP contribution in [-0.4, -0.2) is 22.4 Å².